The number of hydrogen-bond donors (Lipinski definition) is 0. The molecular weight excluding hydrogens is 318 g/mol. The number of aromatic nitrogens is 3. The van der Waals surface area contributed by atoms with E-state index in [1.807, 2.05) is 12.1 Å². The molecule has 0 fully saturated rings. The zero-order valence-corrected chi connectivity index (χ0v) is 16.5. The standard InChI is InChI=1S/C23H27N3/c1-22(2,3)20-24-19(25-21(26-20)23(4,5)6)18-15-11-10-14-17(18)16-12-8-7-9-13-16/h7-15H,1-6H3. The highest BCUT2D eigenvalue weighted by Crippen LogP contribution is 2.32. The van der Waals surface area contributed by atoms with Crippen LogP contribution < -0.4 is 0 Å². The molecule has 0 atom stereocenters. The molecule has 3 nitrogen and oxygen atoms in total. The van der Waals surface area contributed by atoms with E-state index >= 15 is 0 Å². The molecule has 0 unspecified atom stereocenters. The number of benzene rings is 2. The van der Waals surface area contributed by atoms with Crippen molar-refractivity contribution < 1.29 is 0 Å². The second kappa shape index (κ2) is 6.64. The average Bonchev–Trinajstić information content (AvgIpc) is 2.60. The van der Waals surface area contributed by atoms with Crippen molar-refractivity contribution >= 4 is 0 Å². The molecule has 0 aliphatic heterocycles. The second-order valence-corrected chi connectivity index (χ2v) is 8.72. The van der Waals surface area contributed by atoms with Crippen LogP contribution in [0.25, 0.3) is 22.5 Å². The van der Waals surface area contributed by atoms with Gasteiger partial charge in [-0.15, -0.1) is 0 Å². The number of nitrogens with zero attached hydrogens (tertiary/aromatic N) is 3. The lowest BCUT2D eigenvalue weighted by Crippen LogP contribution is -2.24. The van der Waals surface area contributed by atoms with Crippen LogP contribution in [0.15, 0.2) is 54.6 Å². The third-order valence-corrected chi connectivity index (χ3v) is 4.23. The Morgan fingerprint density at radius 1 is 0.538 bits per heavy atom. The van der Waals surface area contributed by atoms with Crippen LogP contribution >= 0.6 is 0 Å². The molecule has 0 amide bonds. The van der Waals surface area contributed by atoms with Crippen molar-refractivity contribution in [2.24, 2.45) is 0 Å². The van der Waals surface area contributed by atoms with Gasteiger partial charge in [-0.1, -0.05) is 96.1 Å². The molecule has 0 saturated carbocycles. The molecule has 3 heteroatoms. The van der Waals surface area contributed by atoms with Crippen LogP contribution in [0.5, 0.6) is 0 Å². The van der Waals surface area contributed by atoms with E-state index < -0.39 is 0 Å². The third-order valence-electron chi connectivity index (χ3n) is 4.23. The second-order valence-electron chi connectivity index (χ2n) is 8.72. The van der Waals surface area contributed by atoms with E-state index in [0.29, 0.717) is 0 Å². The van der Waals surface area contributed by atoms with Crippen LogP contribution in [0.1, 0.15) is 53.2 Å². The summed E-state index contributed by atoms with van der Waals surface area (Å²) in [6.07, 6.45) is 0. The Morgan fingerprint density at radius 2 is 1.00 bits per heavy atom. The minimum Gasteiger partial charge on any atom is -0.217 e. The van der Waals surface area contributed by atoms with Crippen molar-refractivity contribution in [2.75, 3.05) is 0 Å². The molecular formula is C23H27N3. The normalized spacial score (nSPS) is 12.2. The van der Waals surface area contributed by atoms with Gasteiger partial charge in [-0.05, 0) is 11.1 Å². The molecule has 0 aliphatic rings. The van der Waals surface area contributed by atoms with E-state index in [4.69, 9.17) is 15.0 Å². The minimum atomic E-state index is -0.140. The third kappa shape index (κ3) is 3.82. The van der Waals surface area contributed by atoms with Gasteiger partial charge in [0.2, 0.25) is 0 Å². The van der Waals surface area contributed by atoms with E-state index in [0.717, 1.165) is 34.2 Å². The summed E-state index contributed by atoms with van der Waals surface area (Å²) in [6.45, 7) is 12.8. The molecule has 3 rings (SSSR count). The molecule has 26 heavy (non-hydrogen) atoms. The molecule has 0 bridgehead atoms. The molecule has 1 aromatic heterocycles. The molecule has 0 radical (unpaired) electrons. The summed E-state index contributed by atoms with van der Waals surface area (Å²) in [7, 11) is 0. The first-order valence-electron chi connectivity index (χ1n) is 9.08. The molecule has 3 aromatic rings. The Morgan fingerprint density at radius 3 is 1.50 bits per heavy atom. The summed E-state index contributed by atoms with van der Waals surface area (Å²) in [6, 6.07) is 18.7. The fourth-order valence-corrected chi connectivity index (χ4v) is 2.71. The molecule has 134 valence electrons. The van der Waals surface area contributed by atoms with Crippen molar-refractivity contribution in [3.63, 3.8) is 0 Å². The van der Waals surface area contributed by atoms with E-state index in [1.165, 1.54) is 0 Å². The fraction of sp³-hybridized carbons (Fsp3) is 0.348. The predicted octanol–water partition coefficient (Wildman–Crippen LogP) is 5.80. The summed E-state index contributed by atoms with van der Waals surface area (Å²) >= 11 is 0. The lowest BCUT2D eigenvalue weighted by Gasteiger charge is -2.23. The quantitative estimate of drug-likeness (QED) is 0.589. The van der Waals surface area contributed by atoms with Gasteiger partial charge < -0.3 is 0 Å². The smallest absolute Gasteiger partial charge is 0.164 e. The molecule has 2 aromatic carbocycles. The molecule has 0 N–H and O–H groups in total. The van der Waals surface area contributed by atoms with Gasteiger partial charge in [0.25, 0.3) is 0 Å². The largest absolute Gasteiger partial charge is 0.217 e. The zero-order valence-electron chi connectivity index (χ0n) is 16.5. The van der Waals surface area contributed by atoms with Crippen LogP contribution in [0.3, 0.4) is 0 Å². The number of rotatable bonds is 2. The maximum atomic E-state index is 4.85. The Balaban J connectivity index is 2.25. The SMILES string of the molecule is CC(C)(C)c1nc(-c2ccccc2-c2ccccc2)nc(C(C)(C)C)n1. The van der Waals surface area contributed by atoms with E-state index in [-0.39, 0.29) is 10.8 Å². The molecule has 0 spiro atoms. The summed E-state index contributed by atoms with van der Waals surface area (Å²) in [5, 5.41) is 0. The van der Waals surface area contributed by atoms with Gasteiger partial charge in [-0.25, -0.2) is 15.0 Å². The predicted molar refractivity (Wildman–Crippen MR) is 108 cm³/mol. The highest BCUT2D eigenvalue weighted by Gasteiger charge is 2.25. The molecule has 1 heterocycles. The van der Waals surface area contributed by atoms with Gasteiger partial charge in [0.05, 0.1) is 0 Å². The van der Waals surface area contributed by atoms with Gasteiger partial charge in [0, 0.05) is 16.4 Å². The first-order chi connectivity index (χ1) is 12.2. The van der Waals surface area contributed by atoms with Crippen LogP contribution in [-0.2, 0) is 10.8 Å². The van der Waals surface area contributed by atoms with Gasteiger partial charge in [0.1, 0.15) is 11.6 Å². The molecule has 0 aliphatic carbocycles. The van der Waals surface area contributed by atoms with Crippen molar-refractivity contribution in [1.82, 2.24) is 15.0 Å². The highest BCUT2D eigenvalue weighted by atomic mass is 15.1. The van der Waals surface area contributed by atoms with E-state index in [1.54, 1.807) is 0 Å². The van der Waals surface area contributed by atoms with Crippen LogP contribution in [0.2, 0.25) is 0 Å². The lowest BCUT2D eigenvalue weighted by atomic mass is 9.92. The maximum Gasteiger partial charge on any atom is 0.164 e. The highest BCUT2D eigenvalue weighted by molar-refractivity contribution is 5.80. The van der Waals surface area contributed by atoms with Gasteiger partial charge in [-0.3, -0.25) is 0 Å². The summed E-state index contributed by atoms with van der Waals surface area (Å²) in [5.74, 6) is 2.40. The zero-order chi connectivity index (χ0) is 18.9. The monoisotopic (exact) mass is 345 g/mol. The summed E-state index contributed by atoms with van der Waals surface area (Å²) in [5.41, 5.74) is 3.06. The summed E-state index contributed by atoms with van der Waals surface area (Å²) in [4.78, 5) is 14.5. The van der Waals surface area contributed by atoms with Crippen molar-refractivity contribution in [3.05, 3.63) is 66.2 Å². The Hall–Kier alpha value is -2.55. The Kier molecular flexibility index (Phi) is 4.66. The first kappa shape index (κ1) is 18.2. The average molecular weight is 345 g/mol. The Labute approximate surface area is 156 Å². The van der Waals surface area contributed by atoms with Crippen LogP contribution in [0.4, 0.5) is 0 Å². The van der Waals surface area contributed by atoms with Crippen LogP contribution in [0, 0.1) is 0 Å². The topological polar surface area (TPSA) is 38.7 Å². The van der Waals surface area contributed by atoms with Crippen molar-refractivity contribution in [3.8, 4) is 22.5 Å². The lowest BCUT2D eigenvalue weighted by molar-refractivity contribution is 0.497. The van der Waals surface area contributed by atoms with Gasteiger partial charge in [0.15, 0.2) is 5.82 Å². The van der Waals surface area contributed by atoms with Gasteiger partial charge in [-0.2, -0.15) is 0 Å². The maximum absolute atomic E-state index is 4.85. The van der Waals surface area contributed by atoms with E-state index in [2.05, 4.69) is 84.0 Å². The van der Waals surface area contributed by atoms with Gasteiger partial charge >= 0.3 is 0 Å². The first-order valence-corrected chi connectivity index (χ1v) is 9.08. The minimum absolute atomic E-state index is 0.140. The Bertz CT molecular complexity index is 868. The number of hydrogen-bond acceptors (Lipinski definition) is 3. The van der Waals surface area contributed by atoms with Crippen molar-refractivity contribution in [1.29, 1.82) is 0 Å². The molecule has 0 saturated heterocycles. The fourth-order valence-electron chi connectivity index (χ4n) is 2.71. The van der Waals surface area contributed by atoms with Crippen molar-refractivity contribution in [2.45, 2.75) is 52.4 Å². The summed E-state index contributed by atoms with van der Waals surface area (Å²) < 4.78 is 0. The van der Waals surface area contributed by atoms with E-state index in [9.17, 15) is 0 Å². The van der Waals surface area contributed by atoms with Crippen LogP contribution in [-0.4, -0.2) is 15.0 Å².